The minimum atomic E-state index is -0.105. The van der Waals surface area contributed by atoms with Crippen molar-refractivity contribution < 1.29 is 4.39 Å². The third-order valence-electron chi connectivity index (χ3n) is 2.28. The van der Waals surface area contributed by atoms with Gasteiger partial charge in [-0.05, 0) is 25.3 Å². The maximum absolute atomic E-state index is 13.4. The standard InChI is InChI=1S/C11H16FNS/c1-3-4-5-10-11(8(2)6-13)9(12)7-14-10/h3,7-8H,1,4-6,13H2,2H3. The van der Waals surface area contributed by atoms with E-state index in [2.05, 4.69) is 6.58 Å². The molecule has 1 heterocycles. The van der Waals surface area contributed by atoms with Crippen molar-refractivity contribution in [1.29, 1.82) is 0 Å². The zero-order valence-corrected chi connectivity index (χ0v) is 9.24. The molecule has 0 saturated carbocycles. The summed E-state index contributed by atoms with van der Waals surface area (Å²) < 4.78 is 13.4. The summed E-state index contributed by atoms with van der Waals surface area (Å²) in [6, 6.07) is 0. The van der Waals surface area contributed by atoms with E-state index in [1.807, 2.05) is 13.0 Å². The minimum absolute atomic E-state index is 0.105. The third kappa shape index (κ3) is 2.42. The molecule has 0 aliphatic carbocycles. The van der Waals surface area contributed by atoms with Gasteiger partial charge < -0.3 is 5.73 Å². The molecule has 0 saturated heterocycles. The fraction of sp³-hybridized carbons (Fsp3) is 0.455. The molecule has 0 spiro atoms. The van der Waals surface area contributed by atoms with Gasteiger partial charge in [-0.15, -0.1) is 17.9 Å². The summed E-state index contributed by atoms with van der Waals surface area (Å²) in [5.74, 6) is 0.00748. The molecule has 1 nitrogen and oxygen atoms in total. The largest absolute Gasteiger partial charge is 0.330 e. The topological polar surface area (TPSA) is 26.0 Å². The monoisotopic (exact) mass is 213 g/mol. The molecule has 1 aromatic heterocycles. The minimum Gasteiger partial charge on any atom is -0.330 e. The Morgan fingerprint density at radius 2 is 2.43 bits per heavy atom. The van der Waals surface area contributed by atoms with Gasteiger partial charge in [-0.25, -0.2) is 4.39 Å². The van der Waals surface area contributed by atoms with Crippen molar-refractivity contribution in [2.75, 3.05) is 6.54 Å². The van der Waals surface area contributed by atoms with Gasteiger partial charge in [0.15, 0.2) is 0 Å². The van der Waals surface area contributed by atoms with E-state index in [-0.39, 0.29) is 11.7 Å². The molecule has 0 fully saturated rings. The van der Waals surface area contributed by atoms with E-state index < -0.39 is 0 Å². The van der Waals surface area contributed by atoms with Gasteiger partial charge in [-0.1, -0.05) is 13.0 Å². The van der Waals surface area contributed by atoms with Gasteiger partial charge in [-0.3, -0.25) is 0 Å². The highest BCUT2D eigenvalue weighted by molar-refractivity contribution is 7.10. The van der Waals surface area contributed by atoms with Crippen LogP contribution in [0.25, 0.3) is 0 Å². The van der Waals surface area contributed by atoms with Crippen LogP contribution in [-0.4, -0.2) is 6.54 Å². The van der Waals surface area contributed by atoms with E-state index in [4.69, 9.17) is 5.73 Å². The lowest BCUT2D eigenvalue weighted by atomic mass is 10.00. The van der Waals surface area contributed by atoms with Gasteiger partial charge in [0.1, 0.15) is 5.82 Å². The lowest BCUT2D eigenvalue weighted by molar-refractivity contribution is 0.594. The first-order chi connectivity index (χ1) is 6.70. The van der Waals surface area contributed by atoms with E-state index in [1.165, 1.54) is 11.3 Å². The molecule has 3 heteroatoms. The second-order valence-electron chi connectivity index (χ2n) is 3.38. The van der Waals surface area contributed by atoms with Crippen LogP contribution in [-0.2, 0) is 6.42 Å². The smallest absolute Gasteiger partial charge is 0.137 e. The van der Waals surface area contributed by atoms with Crippen molar-refractivity contribution in [3.05, 3.63) is 34.3 Å². The Balaban J connectivity index is 2.87. The Bertz CT molecular complexity index is 306. The van der Waals surface area contributed by atoms with Crippen LogP contribution < -0.4 is 5.73 Å². The lowest BCUT2D eigenvalue weighted by Crippen LogP contribution is -2.10. The summed E-state index contributed by atoms with van der Waals surface area (Å²) in [7, 11) is 0. The highest BCUT2D eigenvalue weighted by Crippen LogP contribution is 2.29. The molecule has 0 aromatic carbocycles. The SMILES string of the molecule is C=CCCc1scc(F)c1C(C)CN. The molecule has 0 aliphatic heterocycles. The molecule has 1 atom stereocenters. The van der Waals surface area contributed by atoms with E-state index in [1.54, 1.807) is 5.38 Å². The van der Waals surface area contributed by atoms with Gasteiger partial charge in [0.05, 0.1) is 0 Å². The van der Waals surface area contributed by atoms with Gasteiger partial charge in [0.2, 0.25) is 0 Å². The van der Waals surface area contributed by atoms with E-state index in [0.717, 1.165) is 23.3 Å². The summed E-state index contributed by atoms with van der Waals surface area (Å²) in [4.78, 5) is 1.11. The van der Waals surface area contributed by atoms with Gasteiger partial charge >= 0.3 is 0 Å². The van der Waals surface area contributed by atoms with Crippen LogP contribution in [0.5, 0.6) is 0 Å². The van der Waals surface area contributed by atoms with Crippen molar-refractivity contribution in [3.8, 4) is 0 Å². The molecule has 14 heavy (non-hydrogen) atoms. The highest BCUT2D eigenvalue weighted by atomic mass is 32.1. The molecular formula is C11H16FNS. The maximum Gasteiger partial charge on any atom is 0.137 e. The van der Waals surface area contributed by atoms with Crippen LogP contribution >= 0.6 is 11.3 Å². The quantitative estimate of drug-likeness (QED) is 0.747. The number of halogens is 1. The molecule has 0 radical (unpaired) electrons. The Morgan fingerprint density at radius 1 is 1.71 bits per heavy atom. The second-order valence-corrected chi connectivity index (χ2v) is 4.35. The summed E-state index contributed by atoms with van der Waals surface area (Å²) in [5.41, 5.74) is 6.35. The number of rotatable bonds is 5. The summed E-state index contributed by atoms with van der Waals surface area (Å²) >= 11 is 1.48. The molecule has 0 aliphatic rings. The Kier molecular flexibility index (Phi) is 4.29. The van der Waals surface area contributed by atoms with Crippen LogP contribution in [0.1, 0.15) is 29.7 Å². The summed E-state index contributed by atoms with van der Waals surface area (Å²) in [5, 5.41) is 1.57. The summed E-state index contributed by atoms with van der Waals surface area (Å²) in [6.07, 6.45) is 3.62. The van der Waals surface area contributed by atoms with Crippen molar-refractivity contribution in [2.45, 2.75) is 25.7 Å². The third-order valence-corrected chi connectivity index (χ3v) is 3.32. The number of aryl methyl sites for hydroxylation is 1. The van der Waals surface area contributed by atoms with Crippen molar-refractivity contribution >= 4 is 11.3 Å². The molecule has 1 rings (SSSR count). The molecule has 78 valence electrons. The Labute approximate surface area is 88.4 Å². The van der Waals surface area contributed by atoms with Gasteiger partial charge in [-0.2, -0.15) is 0 Å². The number of allylic oxidation sites excluding steroid dienone is 1. The predicted octanol–water partition coefficient (Wildman–Crippen LogP) is 3.07. The van der Waals surface area contributed by atoms with Crippen LogP contribution in [0.4, 0.5) is 4.39 Å². The lowest BCUT2D eigenvalue weighted by Gasteiger charge is -2.09. The first-order valence-corrected chi connectivity index (χ1v) is 5.65. The predicted molar refractivity (Wildman–Crippen MR) is 60.3 cm³/mol. The van der Waals surface area contributed by atoms with Crippen LogP contribution in [0.2, 0.25) is 0 Å². The van der Waals surface area contributed by atoms with E-state index in [0.29, 0.717) is 6.54 Å². The number of nitrogens with two attached hydrogens (primary N) is 1. The zero-order chi connectivity index (χ0) is 10.6. The van der Waals surface area contributed by atoms with Crippen LogP contribution in [0, 0.1) is 5.82 Å². The first-order valence-electron chi connectivity index (χ1n) is 4.77. The van der Waals surface area contributed by atoms with Crippen LogP contribution in [0.3, 0.4) is 0 Å². The fourth-order valence-corrected chi connectivity index (χ4v) is 2.47. The normalized spacial score (nSPS) is 12.8. The van der Waals surface area contributed by atoms with Crippen LogP contribution in [0.15, 0.2) is 18.0 Å². The Hall–Kier alpha value is -0.670. The van der Waals surface area contributed by atoms with E-state index in [9.17, 15) is 4.39 Å². The number of hydrogen-bond acceptors (Lipinski definition) is 2. The fourth-order valence-electron chi connectivity index (χ4n) is 1.44. The van der Waals surface area contributed by atoms with Crippen molar-refractivity contribution in [2.24, 2.45) is 5.73 Å². The summed E-state index contributed by atoms with van der Waals surface area (Å²) in [6.45, 7) is 6.12. The van der Waals surface area contributed by atoms with E-state index >= 15 is 0 Å². The zero-order valence-electron chi connectivity index (χ0n) is 8.42. The maximum atomic E-state index is 13.4. The van der Waals surface area contributed by atoms with Gasteiger partial charge in [0, 0.05) is 15.8 Å². The molecule has 1 aromatic rings. The molecule has 0 bridgehead atoms. The highest BCUT2D eigenvalue weighted by Gasteiger charge is 2.16. The molecule has 0 amide bonds. The van der Waals surface area contributed by atoms with Crippen molar-refractivity contribution in [3.63, 3.8) is 0 Å². The second kappa shape index (κ2) is 5.27. The Morgan fingerprint density at radius 3 is 3.00 bits per heavy atom. The van der Waals surface area contributed by atoms with Gasteiger partial charge in [0.25, 0.3) is 0 Å². The first kappa shape index (κ1) is 11.4. The average molecular weight is 213 g/mol. The average Bonchev–Trinajstić information content (AvgIpc) is 2.55. The van der Waals surface area contributed by atoms with Crippen molar-refractivity contribution in [1.82, 2.24) is 0 Å². The molecule has 1 unspecified atom stereocenters. The number of hydrogen-bond donors (Lipinski definition) is 1. The molecular weight excluding hydrogens is 197 g/mol. The molecule has 2 N–H and O–H groups in total. The number of thiophene rings is 1.